The molecule has 1 atom stereocenters. The molecule has 2 heteroatoms. The first kappa shape index (κ1) is 17.2. The molecule has 0 saturated carbocycles. The van der Waals surface area contributed by atoms with E-state index in [4.69, 9.17) is 4.98 Å². The van der Waals surface area contributed by atoms with E-state index in [1.54, 1.807) is 0 Å². The molecule has 2 aliphatic rings. The first-order chi connectivity index (χ1) is 14.8. The van der Waals surface area contributed by atoms with Gasteiger partial charge in [0.05, 0.1) is 11.2 Å². The number of hydrogen-bond acceptors (Lipinski definition) is 2. The number of aromatic nitrogens is 1. The molecular formula is C28H22N2. The van der Waals surface area contributed by atoms with Crippen LogP contribution in [0.2, 0.25) is 0 Å². The molecule has 1 aliphatic carbocycles. The average Bonchev–Trinajstić information content (AvgIpc) is 3.22. The van der Waals surface area contributed by atoms with Crippen molar-refractivity contribution >= 4 is 27.7 Å². The Morgan fingerprint density at radius 1 is 0.800 bits per heavy atom. The molecular weight excluding hydrogens is 364 g/mol. The van der Waals surface area contributed by atoms with Crippen LogP contribution in [0.4, 0.5) is 5.69 Å². The summed E-state index contributed by atoms with van der Waals surface area (Å²) in [5.74, 6) is 0.176. The van der Waals surface area contributed by atoms with E-state index in [1.165, 1.54) is 38.9 Å². The van der Waals surface area contributed by atoms with E-state index in [-0.39, 0.29) is 5.92 Å². The number of fused-ring (bicyclic) bond motifs is 3. The maximum absolute atomic E-state index is 5.06. The molecule has 2 heterocycles. The van der Waals surface area contributed by atoms with Crippen LogP contribution in [0.5, 0.6) is 0 Å². The van der Waals surface area contributed by atoms with Crippen molar-refractivity contribution in [3.05, 3.63) is 120 Å². The van der Waals surface area contributed by atoms with E-state index in [2.05, 4.69) is 109 Å². The number of pyridine rings is 1. The minimum Gasteiger partial charge on any atom is -0.350 e. The zero-order valence-corrected chi connectivity index (χ0v) is 16.9. The van der Waals surface area contributed by atoms with Gasteiger partial charge in [-0.15, -0.1) is 0 Å². The fourth-order valence-electron chi connectivity index (χ4n) is 4.93. The Morgan fingerprint density at radius 2 is 1.60 bits per heavy atom. The van der Waals surface area contributed by atoms with Gasteiger partial charge in [-0.1, -0.05) is 72.8 Å². The van der Waals surface area contributed by atoms with Gasteiger partial charge < -0.3 is 4.90 Å². The molecule has 6 rings (SSSR count). The van der Waals surface area contributed by atoms with E-state index in [9.17, 15) is 0 Å². The molecule has 0 spiro atoms. The lowest BCUT2D eigenvalue weighted by molar-refractivity contribution is 1.02. The number of para-hydroxylation sites is 2. The molecule has 0 bridgehead atoms. The number of benzene rings is 3. The highest BCUT2D eigenvalue weighted by molar-refractivity contribution is 5.95. The lowest BCUT2D eigenvalue weighted by Crippen LogP contribution is -2.21. The average molecular weight is 386 g/mol. The highest BCUT2D eigenvalue weighted by Gasteiger charge is 2.33. The summed E-state index contributed by atoms with van der Waals surface area (Å²) in [5, 5.41) is 1.17. The molecule has 4 aromatic rings. The molecule has 0 fully saturated rings. The molecule has 1 unspecified atom stereocenters. The van der Waals surface area contributed by atoms with E-state index in [1.807, 2.05) is 0 Å². The minimum atomic E-state index is 0.176. The van der Waals surface area contributed by atoms with Gasteiger partial charge >= 0.3 is 0 Å². The largest absolute Gasteiger partial charge is 0.350 e. The highest BCUT2D eigenvalue weighted by atomic mass is 15.1. The topological polar surface area (TPSA) is 16.1 Å². The third-order valence-electron chi connectivity index (χ3n) is 6.35. The van der Waals surface area contributed by atoms with Crippen LogP contribution in [0.15, 0.2) is 97.2 Å². The third-order valence-corrected chi connectivity index (χ3v) is 6.35. The van der Waals surface area contributed by atoms with Crippen LogP contribution < -0.4 is 4.90 Å². The molecule has 0 saturated heterocycles. The van der Waals surface area contributed by atoms with Gasteiger partial charge in [0.25, 0.3) is 0 Å². The number of hydrogen-bond donors (Lipinski definition) is 0. The Labute approximate surface area is 176 Å². The minimum absolute atomic E-state index is 0.176. The summed E-state index contributed by atoms with van der Waals surface area (Å²) in [5.41, 5.74) is 10.1. The van der Waals surface area contributed by atoms with Crippen molar-refractivity contribution in [1.82, 2.24) is 4.98 Å². The van der Waals surface area contributed by atoms with Crippen LogP contribution in [0, 0.1) is 0 Å². The Morgan fingerprint density at radius 3 is 2.57 bits per heavy atom. The van der Waals surface area contributed by atoms with Crippen molar-refractivity contribution in [3.8, 4) is 0 Å². The van der Waals surface area contributed by atoms with Crippen LogP contribution in [0.3, 0.4) is 0 Å². The molecule has 0 N–H and O–H groups in total. The first-order valence-corrected chi connectivity index (χ1v) is 10.5. The van der Waals surface area contributed by atoms with Crippen molar-refractivity contribution in [2.75, 3.05) is 11.9 Å². The Bertz CT molecular complexity index is 1350. The van der Waals surface area contributed by atoms with Crippen LogP contribution >= 0.6 is 0 Å². The van der Waals surface area contributed by atoms with Gasteiger partial charge in [0, 0.05) is 35.8 Å². The van der Waals surface area contributed by atoms with Gasteiger partial charge in [0.2, 0.25) is 0 Å². The predicted octanol–water partition coefficient (Wildman–Crippen LogP) is 6.45. The normalized spacial score (nSPS) is 17.4. The van der Waals surface area contributed by atoms with Crippen LogP contribution in [0.1, 0.15) is 28.3 Å². The summed E-state index contributed by atoms with van der Waals surface area (Å²) < 4.78 is 0. The maximum atomic E-state index is 5.06. The van der Waals surface area contributed by atoms with Crippen LogP contribution in [0.25, 0.3) is 22.0 Å². The first-order valence-electron chi connectivity index (χ1n) is 10.5. The molecule has 0 radical (unpaired) electrons. The summed E-state index contributed by atoms with van der Waals surface area (Å²) in [4.78, 5) is 7.30. The standard InChI is InChI=1S/C28H22N2/c1-30-18-24(26-17-15-20-9-3-6-12-25(20)29-26)28(23-11-5-7-13-27(23)30)22-16-14-19-8-2-4-10-21(19)22/h2-13,15-18,28H,14H2,1H3. The number of rotatable bonds is 2. The van der Waals surface area contributed by atoms with Crippen molar-refractivity contribution in [1.29, 1.82) is 0 Å². The second kappa shape index (κ2) is 6.70. The summed E-state index contributed by atoms with van der Waals surface area (Å²) in [6.07, 6.45) is 5.68. The molecule has 1 aromatic heterocycles. The summed E-state index contributed by atoms with van der Waals surface area (Å²) in [6, 6.07) is 30.3. The van der Waals surface area contributed by atoms with Crippen LogP contribution in [-0.4, -0.2) is 12.0 Å². The van der Waals surface area contributed by atoms with Crippen molar-refractivity contribution in [3.63, 3.8) is 0 Å². The van der Waals surface area contributed by atoms with Crippen molar-refractivity contribution in [2.24, 2.45) is 0 Å². The number of allylic oxidation sites excluding steroid dienone is 3. The van der Waals surface area contributed by atoms with E-state index in [0.717, 1.165) is 17.6 Å². The Balaban J connectivity index is 1.57. The monoisotopic (exact) mass is 386 g/mol. The lowest BCUT2D eigenvalue weighted by Gasteiger charge is -2.33. The quantitative estimate of drug-likeness (QED) is 0.394. The van der Waals surface area contributed by atoms with Gasteiger partial charge in [-0.3, -0.25) is 0 Å². The fourth-order valence-corrected chi connectivity index (χ4v) is 4.93. The van der Waals surface area contributed by atoms with E-state index < -0.39 is 0 Å². The number of nitrogens with zero attached hydrogens (tertiary/aromatic N) is 2. The predicted molar refractivity (Wildman–Crippen MR) is 125 cm³/mol. The van der Waals surface area contributed by atoms with Crippen molar-refractivity contribution < 1.29 is 0 Å². The van der Waals surface area contributed by atoms with E-state index >= 15 is 0 Å². The molecule has 30 heavy (non-hydrogen) atoms. The van der Waals surface area contributed by atoms with Crippen LogP contribution in [-0.2, 0) is 6.42 Å². The second-order valence-corrected chi connectivity index (χ2v) is 8.10. The Hall–Kier alpha value is -3.65. The van der Waals surface area contributed by atoms with Gasteiger partial charge in [0.1, 0.15) is 0 Å². The second-order valence-electron chi connectivity index (χ2n) is 8.10. The number of anilines is 1. The molecule has 0 amide bonds. The molecule has 3 aromatic carbocycles. The fraction of sp³-hybridized carbons (Fsp3) is 0.107. The maximum Gasteiger partial charge on any atom is 0.0709 e. The zero-order chi connectivity index (χ0) is 20.1. The molecule has 1 aliphatic heterocycles. The third kappa shape index (κ3) is 2.61. The Kier molecular flexibility index (Phi) is 3.85. The highest BCUT2D eigenvalue weighted by Crippen LogP contribution is 2.50. The molecule has 2 nitrogen and oxygen atoms in total. The summed E-state index contributed by atoms with van der Waals surface area (Å²) >= 11 is 0. The van der Waals surface area contributed by atoms with Gasteiger partial charge in [-0.05, 0) is 46.9 Å². The SMILES string of the molecule is CN1C=C(c2ccc3ccccc3n2)C(C2=CCc3ccccc32)c2ccccc21. The van der Waals surface area contributed by atoms with E-state index in [0.29, 0.717) is 0 Å². The summed E-state index contributed by atoms with van der Waals surface area (Å²) in [7, 11) is 2.13. The van der Waals surface area contributed by atoms with Gasteiger partial charge in [-0.2, -0.15) is 0 Å². The van der Waals surface area contributed by atoms with Crippen molar-refractivity contribution in [2.45, 2.75) is 12.3 Å². The lowest BCUT2D eigenvalue weighted by atomic mass is 9.78. The zero-order valence-electron chi connectivity index (χ0n) is 16.9. The van der Waals surface area contributed by atoms with Gasteiger partial charge in [0.15, 0.2) is 0 Å². The van der Waals surface area contributed by atoms with Gasteiger partial charge in [-0.25, -0.2) is 4.98 Å². The molecule has 144 valence electrons. The smallest absolute Gasteiger partial charge is 0.0709 e. The summed E-state index contributed by atoms with van der Waals surface area (Å²) in [6.45, 7) is 0.